The molecule has 0 aliphatic heterocycles. The molecule has 3 nitrogen and oxygen atoms in total. The molecule has 3 heteroatoms. The third-order valence-electron chi connectivity index (χ3n) is 3.51. The van der Waals surface area contributed by atoms with E-state index in [2.05, 4.69) is 34.2 Å². The molecule has 2 heterocycles. The second-order valence-electron chi connectivity index (χ2n) is 5.24. The van der Waals surface area contributed by atoms with E-state index in [-0.39, 0.29) is 0 Å². The molecule has 0 aromatic carbocycles. The minimum absolute atomic E-state index is 0.875. The molecule has 0 saturated heterocycles. The zero-order chi connectivity index (χ0) is 14.6. The first-order valence-electron chi connectivity index (χ1n) is 7.81. The van der Waals surface area contributed by atoms with Gasteiger partial charge in [-0.05, 0) is 73.9 Å². The average molecular weight is 284 g/mol. The summed E-state index contributed by atoms with van der Waals surface area (Å²) in [5.74, 6) is 0. The summed E-state index contributed by atoms with van der Waals surface area (Å²) in [6, 6.07) is 8.33. The van der Waals surface area contributed by atoms with Gasteiger partial charge in [-0.1, -0.05) is 0 Å². The lowest BCUT2D eigenvalue weighted by molar-refractivity contribution is 0.127. The van der Waals surface area contributed by atoms with Gasteiger partial charge >= 0.3 is 0 Å². The SMILES string of the molecule is c1cc(CCCCOCCCCc2ccncc2)ccn1. The number of aryl methyl sites for hydroxylation is 2. The molecule has 0 unspecified atom stereocenters. The predicted molar refractivity (Wildman–Crippen MR) is 85.2 cm³/mol. The van der Waals surface area contributed by atoms with E-state index in [4.69, 9.17) is 4.74 Å². The van der Waals surface area contributed by atoms with Gasteiger partial charge in [0.25, 0.3) is 0 Å². The van der Waals surface area contributed by atoms with Crippen molar-refractivity contribution < 1.29 is 4.74 Å². The van der Waals surface area contributed by atoms with Crippen LogP contribution in [0.25, 0.3) is 0 Å². The molecule has 0 spiro atoms. The Hall–Kier alpha value is -1.74. The molecule has 0 saturated carbocycles. The van der Waals surface area contributed by atoms with Crippen LogP contribution in [0, 0.1) is 0 Å². The van der Waals surface area contributed by atoms with Crippen molar-refractivity contribution in [1.82, 2.24) is 9.97 Å². The molecule has 0 aliphatic rings. The Bertz CT molecular complexity index is 428. The van der Waals surface area contributed by atoms with Gasteiger partial charge in [0.1, 0.15) is 0 Å². The quantitative estimate of drug-likeness (QED) is 0.622. The van der Waals surface area contributed by atoms with Crippen LogP contribution in [-0.4, -0.2) is 23.2 Å². The summed E-state index contributed by atoms with van der Waals surface area (Å²) in [6.07, 6.45) is 14.3. The molecular weight excluding hydrogens is 260 g/mol. The summed E-state index contributed by atoms with van der Waals surface area (Å²) < 4.78 is 5.68. The zero-order valence-corrected chi connectivity index (χ0v) is 12.6. The van der Waals surface area contributed by atoms with Crippen molar-refractivity contribution in [2.75, 3.05) is 13.2 Å². The van der Waals surface area contributed by atoms with Crippen LogP contribution in [-0.2, 0) is 17.6 Å². The summed E-state index contributed by atoms with van der Waals surface area (Å²) in [7, 11) is 0. The maximum atomic E-state index is 5.68. The molecule has 21 heavy (non-hydrogen) atoms. The number of hydrogen-bond acceptors (Lipinski definition) is 3. The molecule has 0 atom stereocenters. The molecule has 0 fully saturated rings. The Labute approximate surface area is 127 Å². The van der Waals surface area contributed by atoms with Gasteiger partial charge in [0.2, 0.25) is 0 Å². The predicted octanol–water partition coefficient (Wildman–Crippen LogP) is 3.84. The van der Waals surface area contributed by atoms with Crippen molar-refractivity contribution in [3.8, 4) is 0 Å². The lowest BCUT2D eigenvalue weighted by Gasteiger charge is -2.05. The Morgan fingerprint density at radius 3 is 1.48 bits per heavy atom. The maximum Gasteiger partial charge on any atom is 0.0466 e. The third-order valence-corrected chi connectivity index (χ3v) is 3.51. The van der Waals surface area contributed by atoms with Gasteiger partial charge in [-0.2, -0.15) is 0 Å². The van der Waals surface area contributed by atoms with Gasteiger partial charge in [0.15, 0.2) is 0 Å². The van der Waals surface area contributed by atoms with Crippen LogP contribution < -0.4 is 0 Å². The standard InChI is InChI=1S/C18H24N2O/c1(5-17-7-11-19-12-8-17)3-15-21-16-4-2-6-18-9-13-20-14-10-18/h7-14H,1-6,15-16H2. The number of hydrogen-bond donors (Lipinski definition) is 0. The summed E-state index contributed by atoms with van der Waals surface area (Å²) in [4.78, 5) is 8.05. The largest absolute Gasteiger partial charge is 0.381 e. The Morgan fingerprint density at radius 2 is 1.05 bits per heavy atom. The molecule has 0 amide bonds. The van der Waals surface area contributed by atoms with Crippen LogP contribution in [0.15, 0.2) is 49.1 Å². The van der Waals surface area contributed by atoms with E-state index < -0.39 is 0 Å². The highest BCUT2D eigenvalue weighted by Gasteiger charge is 1.95. The fourth-order valence-electron chi connectivity index (χ4n) is 2.27. The van der Waals surface area contributed by atoms with Crippen LogP contribution in [0.3, 0.4) is 0 Å². The number of aromatic nitrogens is 2. The number of rotatable bonds is 10. The molecule has 2 rings (SSSR count). The lowest BCUT2D eigenvalue weighted by Crippen LogP contribution is -1.99. The van der Waals surface area contributed by atoms with Gasteiger partial charge in [-0.25, -0.2) is 0 Å². The van der Waals surface area contributed by atoms with Crippen LogP contribution in [0.1, 0.15) is 36.8 Å². The number of nitrogens with zero attached hydrogens (tertiary/aromatic N) is 2. The van der Waals surface area contributed by atoms with Crippen molar-refractivity contribution in [3.05, 3.63) is 60.2 Å². The van der Waals surface area contributed by atoms with Crippen molar-refractivity contribution >= 4 is 0 Å². The first-order chi connectivity index (χ1) is 10.4. The van der Waals surface area contributed by atoms with E-state index in [0.717, 1.165) is 38.9 Å². The van der Waals surface area contributed by atoms with Gasteiger partial charge in [0.05, 0.1) is 0 Å². The number of pyridine rings is 2. The van der Waals surface area contributed by atoms with Crippen molar-refractivity contribution in [2.24, 2.45) is 0 Å². The van der Waals surface area contributed by atoms with E-state index in [9.17, 15) is 0 Å². The molecule has 2 aromatic rings. The fourth-order valence-corrected chi connectivity index (χ4v) is 2.27. The minimum atomic E-state index is 0.875. The van der Waals surface area contributed by atoms with Crippen LogP contribution in [0.4, 0.5) is 0 Å². The highest BCUT2D eigenvalue weighted by Crippen LogP contribution is 2.05. The maximum absolute atomic E-state index is 5.68. The van der Waals surface area contributed by atoms with Crippen molar-refractivity contribution in [1.29, 1.82) is 0 Å². The van der Waals surface area contributed by atoms with E-state index in [1.807, 2.05) is 24.8 Å². The van der Waals surface area contributed by atoms with Gasteiger partial charge in [-0.3, -0.25) is 9.97 Å². The third kappa shape index (κ3) is 7.00. The number of ether oxygens (including phenoxy) is 1. The molecule has 112 valence electrons. The molecule has 0 radical (unpaired) electrons. The minimum Gasteiger partial charge on any atom is -0.381 e. The average Bonchev–Trinajstić information content (AvgIpc) is 2.55. The van der Waals surface area contributed by atoms with E-state index in [1.54, 1.807) is 0 Å². The Morgan fingerprint density at radius 1 is 0.619 bits per heavy atom. The Kier molecular flexibility index (Phi) is 7.49. The van der Waals surface area contributed by atoms with E-state index in [0.29, 0.717) is 0 Å². The van der Waals surface area contributed by atoms with Gasteiger partial charge in [-0.15, -0.1) is 0 Å². The molecule has 0 aliphatic carbocycles. The first-order valence-corrected chi connectivity index (χ1v) is 7.81. The Balaban J connectivity index is 1.40. The molecular formula is C18H24N2O. The smallest absolute Gasteiger partial charge is 0.0466 e. The molecule has 0 bridgehead atoms. The topological polar surface area (TPSA) is 35.0 Å². The monoisotopic (exact) mass is 284 g/mol. The lowest BCUT2D eigenvalue weighted by atomic mass is 10.1. The first kappa shape index (κ1) is 15.6. The summed E-state index contributed by atoms with van der Waals surface area (Å²) in [5.41, 5.74) is 2.73. The van der Waals surface area contributed by atoms with Crippen LogP contribution in [0.5, 0.6) is 0 Å². The van der Waals surface area contributed by atoms with E-state index >= 15 is 0 Å². The normalized spacial score (nSPS) is 10.7. The van der Waals surface area contributed by atoms with Gasteiger partial charge in [0, 0.05) is 38.0 Å². The van der Waals surface area contributed by atoms with E-state index in [1.165, 1.54) is 24.0 Å². The van der Waals surface area contributed by atoms with Crippen molar-refractivity contribution in [2.45, 2.75) is 38.5 Å². The second-order valence-corrected chi connectivity index (χ2v) is 5.24. The fraction of sp³-hybridized carbons (Fsp3) is 0.444. The number of unbranched alkanes of at least 4 members (excludes halogenated alkanes) is 2. The zero-order valence-electron chi connectivity index (χ0n) is 12.6. The van der Waals surface area contributed by atoms with Crippen molar-refractivity contribution in [3.63, 3.8) is 0 Å². The molecule has 0 N–H and O–H groups in total. The molecule has 2 aromatic heterocycles. The van der Waals surface area contributed by atoms with Crippen LogP contribution >= 0.6 is 0 Å². The highest BCUT2D eigenvalue weighted by molar-refractivity contribution is 5.10. The van der Waals surface area contributed by atoms with Crippen LogP contribution in [0.2, 0.25) is 0 Å². The summed E-state index contributed by atoms with van der Waals surface area (Å²) >= 11 is 0. The summed E-state index contributed by atoms with van der Waals surface area (Å²) in [5, 5.41) is 0. The van der Waals surface area contributed by atoms with Gasteiger partial charge < -0.3 is 4.74 Å². The highest BCUT2D eigenvalue weighted by atomic mass is 16.5. The second kappa shape index (κ2) is 10.1. The summed E-state index contributed by atoms with van der Waals surface area (Å²) in [6.45, 7) is 1.75.